The van der Waals surface area contributed by atoms with Crippen LogP contribution in [0.3, 0.4) is 0 Å². The Bertz CT molecular complexity index is 601. The van der Waals surface area contributed by atoms with Crippen LogP contribution < -0.4 is 9.96 Å². The number of anilines is 1. The van der Waals surface area contributed by atoms with Crippen LogP contribution in [0.2, 0.25) is 0 Å². The highest BCUT2D eigenvalue weighted by Crippen LogP contribution is 2.33. The normalized spacial score (nSPS) is 14.0. The maximum atomic E-state index is 9.59. The van der Waals surface area contributed by atoms with Crippen LogP contribution in [0.1, 0.15) is 5.56 Å². The molecule has 0 unspecified atom stereocenters. The minimum absolute atomic E-state index is 0.500. The van der Waals surface area contributed by atoms with Crippen LogP contribution in [-0.4, -0.2) is 18.9 Å². The van der Waals surface area contributed by atoms with Gasteiger partial charge in [0.2, 0.25) is 0 Å². The zero-order valence-corrected chi connectivity index (χ0v) is 11.9. The quantitative estimate of drug-likeness (QED) is 0.936. The average molecular weight is 289 g/mol. The molecule has 0 bridgehead atoms. The van der Waals surface area contributed by atoms with Gasteiger partial charge in [-0.25, -0.2) is 4.84 Å². The number of hydrogen-bond acceptors (Lipinski definition) is 5. The lowest BCUT2D eigenvalue weighted by Gasteiger charge is -2.24. The average Bonchev–Trinajstić information content (AvgIpc) is 2.48. The van der Waals surface area contributed by atoms with Gasteiger partial charge in [0.25, 0.3) is 0 Å². The first-order valence-corrected chi connectivity index (χ1v) is 7.14. The summed E-state index contributed by atoms with van der Waals surface area (Å²) in [6, 6.07) is 13.9. The third-order valence-corrected chi connectivity index (χ3v) is 4.13. The summed E-state index contributed by atoms with van der Waals surface area (Å²) in [6.45, 7) is 0.500. The van der Waals surface area contributed by atoms with Gasteiger partial charge in [0.05, 0.1) is 19.4 Å². The van der Waals surface area contributed by atoms with Crippen LogP contribution in [0.5, 0.6) is 5.75 Å². The summed E-state index contributed by atoms with van der Waals surface area (Å²) in [4.78, 5) is 7.35. The number of nitrogens with zero attached hydrogens (tertiary/aromatic N) is 1. The Hall–Kier alpha value is -1.69. The third kappa shape index (κ3) is 2.75. The fraction of sp³-hybridized carbons (Fsp3) is 0.200. The lowest BCUT2D eigenvalue weighted by molar-refractivity contribution is -0.0473. The Morgan fingerprint density at radius 2 is 1.90 bits per heavy atom. The van der Waals surface area contributed by atoms with E-state index in [2.05, 4.69) is 6.07 Å². The van der Waals surface area contributed by atoms with E-state index in [0.29, 0.717) is 6.61 Å². The molecule has 5 heteroatoms. The summed E-state index contributed by atoms with van der Waals surface area (Å²) < 4.78 is 5.15. The van der Waals surface area contributed by atoms with Crippen molar-refractivity contribution in [2.45, 2.75) is 16.2 Å². The van der Waals surface area contributed by atoms with Gasteiger partial charge >= 0.3 is 0 Å². The van der Waals surface area contributed by atoms with Crippen molar-refractivity contribution in [2.24, 2.45) is 0 Å². The van der Waals surface area contributed by atoms with Crippen LogP contribution in [0.25, 0.3) is 0 Å². The van der Waals surface area contributed by atoms with Crippen molar-refractivity contribution in [1.29, 1.82) is 0 Å². The minimum atomic E-state index is 0.500. The molecule has 1 heterocycles. The fourth-order valence-electron chi connectivity index (χ4n) is 2.10. The van der Waals surface area contributed by atoms with Crippen LogP contribution in [0.4, 0.5) is 5.69 Å². The van der Waals surface area contributed by atoms with Crippen LogP contribution in [-0.2, 0) is 11.3 Å². The molecule has 0 atom stereocenters. The maximum absolute atomic E-state index is 9.59. The number of hydrogen-bond donors (Lipinski definition) is 1. The first kappa shape index (κ1) is 13.3. The zero-order valence-electron chi connectivity index (χ0n) is 11.1. The van der Waals surface area contributed by atoms with E-state index in [1.165, 1.54) is 0 Å². The van der Waals surface area contributed by atoms with E-state index >= 15 is 0 Å². The fourth-order valence-corrected chi connectivity index (χ4v) is 2.99. The molecule has 1 N–H and O–H groups in total. The molecule has 0 amide bonds. The van der Waals surface area contributed by atoms with Gasteiger partial charge in [0.15, 0.2) is 0 Å². The van der Waals surface area contributed by atoms with E-state index in [-0.39, 0.29) is 0 Å². The zero-order chi connectivity index (χ0) is 13.9. The van der Waals surface area contributed by atoms with Gasteiger partial charge in [0, 0.05) is 16.2 Å². The van der Waals surface area contributed by atoms with E-state index in [1.54, 1.807) is 18.9 Å². The summed E-state index contributed by atoms with van der Waals surface area (Å²) in [5.74, 6) is 0.855. The first-order valence-electron chi connectivity index (χ1n) is 6.33. The summed E-state index contributed by atoms with van der Waals surface area (Å²) in [5.41, 5.74) is 1.81. The Morgan fingerprint density at radius 1 is 1.15 bits per heavy atom. The lowest BCUT2D eigenvalue weighted by Crippen LogP contribution is -2.26. The summed E-state index contributed by atoms with van der Waals surface area (Å²) >= 11 is 1.68. The first-order chi connectivity index (χ1) is 9.76. The molecule has 4 nitrogen and oxygen atoms in total. The lowest BCUT2D eigenvalue weighted by atomic mass is 10.1. The highest BCUT2D eigenvalue weighted by molar-refractivity contribution is 7.99. The molecule has 20 heavy (non-hydrogen) atoms. The van der Waals surface area contributed by atoms with Crippen molar-refractivity contribution >= 4 is 17.4 Å². The largest absolute Gasteiger partial charge is 0.497 e. The van der Waals surface area contributed by atoms with Crippen LogP contribution in [0.15, 0.2) is 52.3 Å². The molecule has 0 saturated carbocycles. The molecule has 0 fully saturated rings. The standard InChI is InChI=1S/C15H15NO3S/c1-18-12-2-4-13(5-3-12)20-14-6-7-15-11(10-14)8-9-19-16(15)17/h2-7,10,17H,8-9H2,1H3. The predicted molar refractivity (Wildman–Crippen MR) is 77.5 cm³/mol. The van der Waals surface area contributed by atoms with Gasteiger partial charge < -0.3 is 4.74 Å². The highest BCUT2D eigenvalue weighted by Gasteiger charge is 2.16. The molecule has 0 spiro atoms. The molecule has 0 aliphatic carbocycles. The van der Waals surface area contributed by atoms with Gasteiger partial charge in [-0.3, -0.25) is 5.21 Å². The number of fused-ring (bicyclic) bond motifs is 1. The third-order valence-electron chi connectivity index (χ3n) is 3.14. The summed E-state index contributed by atoms with van der Waals surface area (Å²) in [5, 5.41) is 10.4. The van der Waals surface area contributed by atoms with Crippen molar-refractivity contribution in [1.82, 2.24) is 0 Å². The number of ether oxygens (including phenoxy) is 1. The molecule has 2 aromatic carbocycles. The Morgan fingerprint density at radius 3 is 2.65 bits per heavy atom. The molecule has 1 aliphatic rings. The highest BCUT2D eigenvalue weighted by atomic mass is 32.2. The van der Waals surface area contributed by atoms with Gasteiger partial charge in [-0.1, -0.05) is 11.8 Å². The monoisotopic (exact) mass is 289 g/mol. The molecule has 0 saturated heterocycles. The Labute approximate surface area is 121 Å². The van der Waals surface area contributed by atoms with Crippen molar-refractivity contribution in [3.05, 3.63) is 48.0 Å². The topological polar surface area (TPSA) is 41.9 Å². The second kappa shape index (κ2) is 5.75. The van der Waals surface area contributed by atoms with Crippen LogP contribution >= 0.6 is 11.8 Å². The van der Waals surface area contributed by atoms with Crippen molar-refractivity contribution < 1.29 is 14.8 Å². The summed E-state index contributed by atoms with van der Waals surface area (Å²) in [6.07, 6.45) is 0.809. The van der Waals surface area contributed by atoms with Crippen molar-refractivity contribution in [3.8, 4) is 5.75 Å². The Balaban J connectivity index is 1.80. The summed E-state index contributed by atoms with van der Waals surface area (Å²) in [7, 11) is 1.66. The van der Waals surface area contributed by atoms with Gasteiger partial charge in [0.1, 0.15) is 5.75 Å². The predicted octanol–water partition coefficient (Wildman–Crippen LogP) is 3.53. The van der Waals surface area contributed by atoms with Gasteiger partial charge in [-0.2, -0.15) is 0 Å². The molecule has 2 aromatic rings. The molecule has 3 rings (SSSR count). The maximum Gasteiger partial charge on any atom is 0.118 e. The van der Waals surface area contributed by atoms with Gasteiger partial charge in [-0.05, 0) is 48.0 Å². The van der Waals surface area contributed by atoms with E-state index in [4.69, 9.17) is 9.57 Å². The van der Waals surface area contributed by atoms with E-state index in [9.17, 15) is 5.21 Å². The molecule has 104 valence electrons. The van der Waals surface area contributed by atoms with Crippen molar-refractivity contribution in [3.63, 3.8) is 0 Å². The SMILES string of the molecule is COc1ccc(Sc2ccc3c(c2)CCON3O)cc1. The number of rotatable bonds is 3. The Kier molecular flexibility index (Phi) is 3.82. The van der Waals surface area contributed by atoms with E-state index in [1.807, 2.05) is 36.4 Å². The number of benzene rings is 2. The van der Waals surface area contributed by atoms with Gasteiger partial charge in [-0.15, -0.1) is 5.23 Å². The van der Waals surface area contributed by atoms with Crippen molar-refractivity contribution in [2.75, 3.05) is 18.9 Å². The molecule has 1 aliphatic heterocycles. The minimum Gasteiger partial charge on any atom is -0.497 e. The second-order valence-corrected chi connectivity index (χ2v) is 5.57. The van der Waals surface area contributed by atoms with E-state index < -0.39 is 0 Å². The van der Waals surface area contributed by atoms with E-state index in [0.717, 1.165) is 38.4 Å². The van der Waals surface area contributed by atoms with Crippen LogP contribution in [0, 0.1) is 0 Å². The molecule has 0 radical (unpaired) electrons. The smallest absolute Gasteiger partial charge is 0.118 e. The number of methoxy groups -OCH3 is 1. The molecular formula is C15H15NO3S. The second-order valence-electron chi connectivity index (χ2n) is 4.42. The molecule has 0 aromatic heterocycles. The molecular weight excluding hydrogens is 274 g/mol.